The molecule has 0 atom stereocenters. The molecule has 0 aliphatic carbocycles. The number of hydrogen-bond acceptors (Lipinski definition) is 3. The van der Waals surface area contributed by atoms with Crippen molar-refractivity contribution in [1.82, 2.24) is 9.78 Å². The molecule has 0 aliphatic rings. The van der Waals surface area contributed by atoms with E-state index in [9.17, 15) is 0 Å². The van der Waals surface area contributed by atoms with Crippen LogP contribution >= 0.6 is 11.8 Å². The number of nitrogens with two attached hydrogens (primary N) is 1. The molecule has 3 nitrogen and oxygen atoms in total. The predicted molar refractivity (Wildman–Crippen MR) is 43.0 cm³/mol. The summed E-state index contributed by atoms with van der Waals surface area (Å²) in [5, 5.41) is 4.02. The smallest absolute Gasteiger partial charge is 0.0625 e. The summed E-state index contributed by atoms with van der Waals surface area (Å²) in [6, 6.07) is 0. The number of nitrogens with zero attached hydrogens (tertiary/aromatic N) is 2. The Morgan fingerprint density at radius 3 is 3.10 bits per heavy atom. The monoisotopic (exact) mass is 157 g/mol. The first-order chi connectivity index (χ1) is 4.83. The SMILES string of the molecule is Cn1cc(SCCN)cn1. The summed E-state index contributed by atoms with van der Waals surface area (Å²) in [4.78, 5) is 1.19. The maximum absolute atomic E-state index is 5.34. The van der Waals surface area contributed by atoms with Crippen LogP contribution in [0, 0.1) is 0 Å². The summed E-state index contributed by atoms with van der Waals surface area (Å²) in [6.07, 6.45) is 3.83. The summed E-state index contributed by atoms with van der Waals surface area (Å²) in [5.74, 6) is 0.964. The molecule has 0 unspecified atom stereocenters. The van der Waals surface area contributed by atoms with Gasteiger partial charge in [-0.15, -0.1) is 11.8 Å². The minimum absolute atomic E-state index is 0.722. The molecule has 56 valence electrons. The highest BCUT2D eigenvalue weighted by atomic mass is 32.2. The lowest BCUT2D eigenvalue weighted by atomic mass is 10.7. The zero-order valence-corrected chi connectivity index (χ0v) is 6.77. The van der Waals surface area contributed by atoms with Gasteiger partial charge in [0, 0.05) is 30.4 Å². The lowest BCUT2D eigenvalue weighted by molar-refractivity contribution is 0.766. The Labute approximate surface area is 64.6 Å². The van der Waals surface area contributed by atoms with Gasteiger partial charge in [-0.1, -0.05) is 0 Å². The van der Waals surface area contributed by atoms with Crippen LogP contribution < -0.4 is 5.73 Å². The Bertz CT molecular complexity index is 197. The van der Waals surface area contributed by atoms with Gasteiger partial charge in [-0.3, -0.25) is 4.68 Å². The third-order valence-electron chi connectivity index (χ3n) is 1.07. The van der Waals surface area contributed by atoms with Crippen LogP contribution in [0.4, 0.5) is 0 Å². The normalized spacial score (nSPS) is 10.2. The molecule has 10 heavy (non-hydrogen) atoms. The van der Waals surface area contributed by atoms with Gasteiger partial charge in [-0.2, -0.15) is 5.10 Å². The van der Waals surface area contributed by atoms with Crippen molar-refractivity contribution >= 4 is 11.8 Å². The molecular weight excluding hydrogens is 146 g/mol. The van der Waals surface area contributed by atoms with Crippen LogP contribution in [0.5, 0.6) is 0 Å². The minimum atomic E-state index is 0.722. The first-order valence-electron chi connectivity index (χ1n) is 3.14. The van der Waals surface area contributed by atoms with Gasteiger partial charge >= 0.3 is 0 Å². The topological polar surface area (TPSA) is 43.8 Å². The highest BCUT2D eigenvalue weighted by Crippen LogP contribution is 2.14. The Hall–Kier alpha value is -0.480. The largest absolute Gasteiger partial charge is 0.330 e. The Morgan fingerprint density at radius 2 is 2.60 bits per heavy atom. The molecule has 0 fully saturated rings. The van der Waals surface area contributed by atoms with Crippen molar-refractivity contribution in [3.05, 3.63) is 12.4 Å². The number of hydrogen-bond donors (Lipinski definition) is 1. The summed E-state index contributed by atoms with van der Waals surface area (Å²) >= 11 is 1.73. The van der Waals surface area contributed by atoms with E-state index in [1.54, 1.807) is 16.4 Å². The van der Waals surface area contributed by atoms with Gasteiger partial charge in [-0.05, 0) is 0 Å². The molecule has 1 aromatic rings. The molecule has 0 aromatic carbocycles. The van der Waals surface area contributed by atoms with Crippen LogP contribution in [0.15, 0.2) is 17.3 Å². The van der Waals surface area contributed by atoms with E-state index >= 15 is 0 Å². The summed E-state index contributed by atoms with van der Waals surface area (Å²) in [6.45, 7) is 0.722. The van der Waals surface area contributed by atoms with Crippen molar-refractivity contribution in [2.24, 2.45) is 12.8 Å². The van der Waals surface area contributed by atoms with Gasteiger partial charge in [0.15, 0.2) is 0 Å². The van der Waals surface area contributed by atoms with Crippen molar-refractivity contribution in [1.29, 1.82) is 0 Å². The van der Waals surface area contributed by atoms with Crippen LogP contribution in [0.25, 0.3) is 0 Å². The van der Waals surface area contributed by atoms with Crippen LogP contribution in [0.2, 0.25) is 0 Å². The molecule has 0 spiro atoms. The highest BCUT2D eigenvalue weighted by molar-refractivity contribution is 7.99. The first-order valence-corrected chi connectivity index (χ1v) is 4.13. The van der Waals surface area contributed by atoms with Gasteiger partial charge in [0.25, 0.3) is 0 Å². The van der Waals surface area contributed by atoms with E-state index < -0.39 is 0 Å². The predicted octanol–water partition coefficient (Wildman–Crippen LogP) is 0.471. The molecule has 0 radical (unpaired) electrons. The second-order valence-corrected chi connectivity index (χ2v) is 3.16. The zero-order chi connectivity index (χ0) is 7.40. The minimum Gasteiger partial charge on any atom is -0.330 e. The fourth-order valence-corrected chi connectivity index (χ4v) is 1.35. The molecule has 1 heterocycles. The van der Waals surface area contributed by atoms with Crippen LogP contribution in [-0.4, -0.2) is 22.1 Å². The van der Waals surface area contributed by atoms with Gasteiger partial charge < -0.3 is 5.73 Å². The molecule has 1 rings (SSSR count). The first kappa shape index (κ1) is 7.63. The number of aromatic nitrogens is 2. The van der Waals surface area contributed by atoms with Crippen molar-refractivity contribution < 1.29 is 0 Å². The standard InChI is InChI=1S/C6H11N3S/c1-9-5-6(4-8-9)10-3-2-7/h4-5H,2-3,7H2,1H3. The van der Waals surface area contributed by atoms with Crippen molar-refractivity contribution in [3.63, 3.8) is 0 Å². The van der Waals surface area contributed by atoms with E-state index in [-0.39, 0.29) is 0 Å². The molecule has 2 N–H and O–H groups in total. The molecule has 0 saturated heterocycles. The fourth-order valence-electron chi connectivity index (χ4n) is 0.650. The molecule has 0 amide bonds. The Balaban J connectivity index is 2.42. The van der Waals surface area contributed by atoms with Crippen molar-refractivity contribution in [3.8, 4) is 0 Å². The Kier molecular flexibility index (Phi) is 2.77. The highest BCUT2D eigenvalue weighted by Gasteiger charge is 1.93. The van der Waals surface area contributed by atoms with E-state index in [4.69, 9.17) is 5.73 Å². The summed E-state index contributed by atoms with van der Waals surface area (Å²) < 4.78 is 1.79. The average Bonchev–Trinajstić information content (AvgIpc) is 2.31. The van der Waals surface area contributed by atoms with Crippen molar-refractivity contribution in [2.75, 3.05) is 12.3 Å². The van der Waals surface area contributed by atoms with E-state index in [0.717, 1.165) is 12.3 Å². The van der Waals surface area contributed by atoms with E-state index in [0.29, 0.717) is 0 Å². The molecular formula is C6H11N3S. The number of thioether (sulfide) groups is 1. The quantitative estimate of drug-likeness (QED) is 0.649. The molecule has 4 heteroatoms. The van der Waals surface area contributed by atoms with Gasteiger partial charge in [0.05, 0.1) is 6.20 Å². The third kappa shape index (κ3) is 2.04. The second-order valence-electron chi connectivity index (χ2n) is 1.99. The van der Waals surface area contributed by atoms with Crippen molar-refractivity contribution in [2.45, 2.75) is 4.90 Å². The number of rotatable bonds is 3. The lowest BCUT2D eigenvalue weighted by Crippen LogP contribution is -2.00. The second kappa shape index (κ2) is 3.63. The van der Waals surface area contributed by atoms with Crippen LogP contribution in [0.1, 0.15) is 0 Å². The fraction of sp³-hybridized carbons (Fsp3) is 0.500. The van der Waals surface area contributed by atoms with E-state index in [1.165, 1.54) is 4.90 Å². The lowest BCUT2D eigenvalue weighted by Gasteiger charge is -1.90. The van der Waals surface area contributed by atoms with Gasteiger partial charge in [-0.25, -0.2) is 0 Å². The van der Waals surface area contributed by atoms with E-state index in [1.807, 2.05) is 19.4 Å². The van der Waals surface area contributed by atoms with Gasteiger partial charge in [0.2, 0.25) is 0 Å². The number of aryl methyl sites for hydroxylation is 1. The molecule has 0 saturated carbocycles. The third-order valence-corrected chi connectivity index (χ3v) is 2.05. The summed E-state index contributed by atoms with van der Waals surface area (Å²) in [5.41, 5.74) is 5.34. The van der Waals surface area contributed by atoms with Crippen LogP contribution in [0.3, 0.4) is 0 Å². The summed E-state index contributed by atoms with van der Waals surface area (Å²) in [7, 11) is 1.91. The average molecular weight is 157 g/mol. The zero-order valence-electron chi connectivity index (χ0n) is 5.95. The maximum atomic E-state index is 5.34. The van der Waals surface area contributed by atoms with Crippen LogP contribution in [-0.2, 0) is 7.05 Å². The molecule has 1 aromatic heterocycles. The Morgan fingerprint density at radius 1 is 1.80 bits per heavy atom. The maximum Gasteiger partial charge on any atom is 0.0625 e. The van der Waals surface area contributed by atoms with Gasteiger partial charge in [0.1, 0.15) is 0 Å². The van der Waals surface area contributed by atoms with E-state index in [2.05, 4.69) is 5.10 Å². The molecule has 0 aliphatic heterocycles. The molecule has 0 bridgehead atoms.